The summed E-state index contributed by atoms with van der Waals surface area (Å²) < 4.78 is 10.5. The average Bonchev–Trinajstić information content (AvgIpc) is 3.09. The summed E-state index contributed by atoms with van der Waals surface area (Å²) in [5.74, 6) is 0.302. The topological polar surface area (TPSA) is 117 Å². The largest absolute Gasteiger partial charge is 0.493 e. The van der Waals surface area contributed by atoms with Crippen LogP contribution in [0, 0.1) is 0 Å². The van der Waals surface area contributed by atoms with Crippen LogP contribution in [0.15, 0.2) is 48.5 Å². The molecule has 2 atom stereocenters. The molecule has 0 aliphatic carbocycles. The minimum absolute atomic E-state index is 0.172. The molecule has 176 valence electrons. The normalized spacial score (nSPS) is 16.3. The Kier molecular flexibility index (Phi) is 8.26. The van der Waals surface area contributed by atoms with E-state index in [-0.39, 0.29) is 19.6 Å². The molecule has 0 spiro atoms. The zero-order valence-electron chi connectivity index (χ0n) is 18.7. The molecule has 1 saturated heterocycles. The van der Waals surface area contributed by atoms with Gasteiger partial charge < -0.3 is 25.2 Å². The Bertz CT molecular complexity index is 981. The highest BCUT2D eigenvalue weighted by Gasteiger charge is 2.38. The summed E-state index contributed by atoms with van der Waals surface area (Å²) in [7, 11) is 3.08. The van der Waals surface area contributed by atoms with Crippen LogP contribution >= 0.6 is 0 Å². The number of hydrogen-bond donors (Lipinski definition) is 3. The lowest BCUT2D eigenvalue weighted by molar-refractivity contribution is -0.131. The summed E-state index contributed by atoms with van der Waals surface area (Å²) >= 11 is 0. The number of nitrogens with one attached hydrogen (secondary N) is 2. The van der Waals surface area contributed by atoms with Gasteiger partial charge in [-0.25, -0.2) is 4.79 Å². The third-order valence-corrected chi connectivity index (χ3v) is 5.48. The number of hydrogen-bond acceptors (Lipinski definition) is 6. The van der Waals surface area contributed by atoms with E-state index in [1.165, 1.54) is 7.11 Å². The van der Waals surface area contributed by atoms with Crippen molar-refractivity contribution in [2.45, 2.75) is 31.3 Å². The van der Waals surface area contributed by atoms with Crippen LogP contribution in [-0.4, -0.2) is 67.3 Å². The number of urea groups is 1. The van der Waals surface area contributed by atoms with Gasteiger partial charge in [-0.15, -0.1) is 0 Å². The second kappa shape index (κ2) is 11.3. The van der Waals surface area contributed by atoms with Gasteiger partial charge in [0.15, 0.2) is 11.5 Å². The lowest BCUT2D eigenvalue weighted by atomic mass is 10.1. The smallest absolute Gasteiger partial charge is 0.324 e. The molecule has 0 radical (unpaired) electrons. The van der Waals surface area contributed by atoms with Gasteiger partial charge in [-0.05, 0) is 36.1 Å². The molecular formula is C24H29N3O6. The summed E-state index contributed by atoms with van der Waals surface area (Å²) in [4.78, 5) is 38.6. The maximum atomic E-state index is 12.7. The first-order valence-electron chi connectivity index (χ1n) is 10.7. The van der Waals surface area contributed by atoms with Crippen molar-refractivity contribution in [1.29, 1.82) is 0 Å². The number of amides is 4. The zero-order valence-corrected chi connectivity index (χ0v) is 18.7. The van der Waals surface area contributed by atoms with E-state index < -0.39 is 29.9 Å². The Morgan fingerprint density at radius 3 is 2.48 bits per heavy atom. The molecule has 3 rings (SSSR count). The summed E-state index contributed by atoms with van der Waals surface area (Å²) in [5.41, 5.74) is 1.85. The predicted molar refractivity (Wildman–Crippen MR) is 121 cm³/mol. The Labute approximate surface area is 192 Å². The molecule has 3 N–H and O–H groups in total. The second-order valence-corrected chi connectivity index (χ2v) is 7.77. The van der Waals surface area contributed by atoms with Crippen LogP contribution in [0.25, 0.3) is 0 Å². The highest BCUT2D eigenvalue weighted by Crippen LogP contribution is 2.27. The van der Waals surface area contributed by atoms with Crippen LogP contribution < -0.4 is 20.1 Å². The number of nitrogens with zero attached hydrogens (tertiary/aromatic N) is 1. The van der Waals surface area contributed by atoms with Gasteiger partial charge in [0, 0.05) is 6.54 Å². The third-order valence-electron chi connectivity index (χ3n) is 5.48. The van der Waals surface area contributed by atoms with E-state index in [0.717, 1.165) is 16.0 Å². The molecule has 0 saturated carbocycles. The monoisotopic (exact) mass is 455 g/mol. The maximum absolute atomic E-state index is 12.7. The molecule has 0 bridgehead atoms. The molecular weight excluding hydrogens is 426 g/mol. The summed E-state index contributed by atoms with van der Waals surface area (Å²) in [5, 5.41) is 14.9. The Morgan fingerprint density at radius 1 is 1.09 bits per heavy atom. The number of imide groups is 1. The van der Waals surface area contributed by atoms with Crippen molar-refractivity contribution in [3.8, 4) is 11.5 Å². The minimum atomic E-state index is -0.932. The standard InChI is InChI=1S/C24H29N3O6/c1-32-20-9-8-17(13-21(20)33-2)10-11-27-23(30)19(26-24(27)31)14-22(29)25-18(15-28)12-16-6-4-3-5-7-16/h3-9,13,18-19,28H,10-12,14-15H2,1-2H3,(H,25,29)(H,26,31)/t18-,19?/m0/s1. The molecule has 2 aromatic rings. The number of rotatable bonds is 11. The van der Waals surface area contributed by atoms with Gasteiger partial charge in [0.25, 0.3) is 5.91 Å². The first kappa shape index (κ1) is 24.1. The molecule has 1 fully saturated rings. The summed E-state index contributed by atoms with van der Waals surface area (Å²) in [6.45, 7) is -0.0609. The van der Waals surface area contributed by atoms with Crippen LogP contribution in [0.2, 0.25) is 0 Å². The van der Waals surface area contributed by atoms with Crippen molar-refractivity contribution < 1.29 is 29.0 Å². The van der Waals surface area contributed by atoms with Crippen molar-refractivity contribution in [3.63, 3.8) is 0 Å². The van der Waals surface area contributed by atoms with Crippen LogP contribution in [0.1, 0.15) is 17.5 Å². The highest BCUT2D eigenvalue weighted by atomic mass is 16.5. The highest BCUT2D eigenvalue weighted by molar-refractivity contribution is 6.05. The molecule has 1 unspecified atom stereocenters. The fourth-order valence-corrected chi connectivity index (χ4v) is 3.74. The van der Waals surface area contributed by atoms with Crippen molar-refractivity contribution in [2.75, 3.05) is 27.4 Å². The summed E-state index contributed by atoms with van der Waals surface area (Å²) in [6.07, 6.45) is 0.705. The predicted octanol–water partition coefficient (Wildman–Crippen LogP) is 1.28. The van der Waals surface area contributed by atoms with Gasteiger partial charge in [-0.3, -0.25) is 14.5 Å². The van der Waals surface area contributed by atoms with E-state index in [1.807, 2.05) is 36.4 Å². The quantitative estimate of drug-likeness (QED) is 0.440. The van der Waals surface area contributed by atoms with Gasteiger partial charge in [-0.2, -0.15) is 0 Å². The molecule has 0 aromatic heterocycles. The zero-order chi connectivity index (χ0) is 23.8. The van der Waals surface area contributed by atoms with Crippen molar-refractivity contribution in [1.82, 2.24) is 15.5 Å². The minimum Gasteiger partial charge on any atom is -0.493 e. The number of methoxy groups -OCH3 is 2. The number of carbonyl (C=O) groups excluding carboxylic acids is 3. The molecule has 2 aromatic carbocycles. The molecule has 4 amide bonds. The van der Waals surface area contributed by atoms with E-state index in [4.69, 9.17) is 9.47 Å². The third kappa shape index (κ3) is 6.23. The lowest BCUT2D eigenvalue weighted by Crippen LogP contribution is -2.43. The fraction of sp³-hybridized carbons (Fsp3) is 0.375. The number of benzene rings is 2. The van der Waals surface area contributed by atoms with Gasteiger partial charge in [-0.1, -0.05) is 36.4 Å². The van der Waals surface area contributed by atoms with Gasteiger partial charge in [0.05, 0.1) is 33.3 Å². The average molecular weight is 456 g/mol. The van der Waals surface area contributed by atoms with E-state index in [9.17, 15) is 19.5 Å². The number of ether oxygens (including phenoxy) is 2. The number of aliphatic hydroxyl groups is 1. The van der Waals surface area contributed by atoms with Crippen LogP contribution in [-0.2, 0) is 22.4 Å². The van der Waals surface area contributed by atoms with Crippen molar-refractivity contribution >= 4 is 17.8 Å². The second-order valence-electron chi connectivity index (χ2n) is 7.77. The van der Waals surface area contributed by atoms with Gasteiger partial charge in [0.1, 0.15) is 6.04 Å². The van der Waals surface area contributed by atoms with E-state index >= 15 is 0 Å². The van der Waals surface area contributed by atoms with E-state index in [0.29, 0.717) is 24.3 Å². The SMILES string of the molecule is COc1ccc(CCN2C(=O)NC(CC(=O)N[C@H](CO)Cc3ccccc3)C2=O)cc1OC. The van der Waals surface area contributed by atoms with Crippen LogP contribution in [0.4, 0.5) is 4.79 Å². The number of carbonyl (C=O) groups is 3. The number of aliphatic hydroxyl groups excluding tert-OH is 1. The summed E-state index contributed by atoms with van der Waals surface area (Å²) in [6, 6.07) is 12.9. The molecule has 1 aliphatic rings. The fourth-order valence-electron chi connectivity index (χ4n) is 3.74. The molecule has 9 nitrogen and oxygen atoms in total. The van der Waals surface area contributed by atoms with Crippen LogP contribution in [0.3, 0.4) is 0 Å². The first-order chi connectivity index (χ1) is 15.9. The maximum Gasteiger partial charge on any atom is 0.324 e. The van der Waals surface area contributed by atoms with Crippen molar-refractivity contribution in [3.05, 3.63) is 59.7 Å². The van der Waals surface area contributed by atoms with Gasteiger partial charge >= 0.3 is 6.03 Å². The molecule has 1 aliphatic heterocycles. The molecule has 1 heterocycles. The molecule has 9 heteroatoms. The van der Waals surface area contributed by atoms with Crippen molar-refractivity contribution in [2.24, 2.45) is 0 Å². The first-order valence-corrected chi connectivity index (χ1v) is 10.7. The van der Waals surface area contributed by atoms with Gasteiger partial charge in [0.2, 0.25) is 5.91 Å². The van der Waals surface area contributed by atoms with Crippen LogP contribution in [0.5, 0.6) is 11.5 Å². The van der Waals surface area contributed by atoms with E-state index in [1.54, 1.807) is 19.2 Å². The lowest BCUT2D eigenvalue weighted by Gasteiger charge is -2.18. The Hall–Kier alpha value is -3.59. The Morgan fingerprint density at radius 2 is 1.82 bits per heavy atom. The molecule has 33 heavy (non-hydrogen) atoms. The van der Waals surface area contributed by atoms with E-state index in [2.05, 4.69) is 10.6 Å². The Balaban J connectivity index is 1.53.